The van der Waals surface area contributed by atoms with E-state index in [1.165, 1.54) is 12.8 Å². The molecule has 0 radical (unpaired) electrons. The fourth-order valence-electron chi connectivity index (χ4n) is 4.94. The van der Waals surface area contributed by atoms with Gasteiger partial charge in [0.1, 0.15) is 5.75 Å². The number of rotatable bonds is 7. The predicted octanol–water partition coefficient (Wildman–Crippen LogP) is 2.83. The van der Waals surface area contributed by atoms with Crippen molar-refractivity contribution in [1.82, 2.24) is 10.2 Å². The average molecular weight is 431 g/mol. The van der Waals surface area contributed by atoms with Crippen LogP contribution in [0.15, 0.2) is 18.2 Å². The van der Waals surface area contributed by atoms with Crippen LogP contribution in [0.1, 0.15) is 38.5 Å². The summed E-state index contributed by atoms with van der Waals surface area (Å²) in [5, 5.41) is 5.99. The zero-order chi connectivity index (χ0) is 21.6. The Kier molecular flexibility index (Phi) is 7.29. The Hall–Kier alpha value is -2.32. The first-order valence-electron chi connectivity index (χ1n) is 11.5. The maximum absolute atomic E-state index is 12.7. The first kappa shape index (κ1) is 21.9. The number of carbonyl (C=O) groups excluding carboxylic acids is 2. The van der Waals surface area contributed by atoms with Gasteiger partial charge < -0.3 is 25.0 Å². The van der Waals surface area contributed by atoms with E-state index in [0.717, 1.165) is 45.6 Å². The molecule has 3 aliphatic rings. The largest absolute Gasteiger partial charge is 0.495 e. The maximum atomic E-state index is 12.7. The number of anilines is 2. The van der Waals surface area contributed by atoms with Gasteiger partial charge in [0.2, 0.25) is 5.91 Å². The van der Waals surface area contributed by atoms with Gasteiger partial charge in [-0.1, -0.05) is 0 Å². The van der Waals surface area contributed by atoms with E-state index in [1.54, 1.807) is 24.1 Å². The average Bonchev–Trinajstić information content (AvgIpc) is 3.49. The Labute approximate surface area is 184 Å². The van der Waals surface area contributed by atoms with Crippen LogP contribution in [-0.2, 0) is 9.53 Å². The van der Waals surface area contributed by atoms with Crippen LogP contribution in [0.2, 0.25) is 0 Å². The molecule has 3 saturated heterocycles. The van der Waals surface area contributed by atoms with Gasteiger partial charge in [-0.25, -0.2) is 4.79 Å². The van der Waals surface area contributed by atoms with Crippen molar-refractivity contribution in [2.75, 3.05) is 56.7 Å². The van der Waals surface area contributed by atoms with E-state index in [9.17, 15) is 9.59 Å². The summed E-state index contributed by atoms with van der Waals surface area (Å²) in [6, 6.07) is 5.51. The Bertz CT molecular complexity index is 759. The molecular formula is C23H34N4O4. The van der Waals surface area contributed by atoms with Gasteiger partial charge in [0.25, 0.3) is 0 Å². The molecule has 170 valence electrons. The number of benzene rings is 1. The molecule has 8 nitrogen and oxygen atoms in total. The van der Waals surface area contributed by atoms with Crippen LogP contribution >= 0.6 is 0 Å². The van der Waals surface area contributed by atoms with Crippen LogP contribution in [0.5, 0.6) is 5.75 Å². The van der Waals surface area contributed by atoms with Gasteiger partial charge in [-0.05, 0) is 63.4 Å². The number of ether oxygens (including phenoxy) is 2. The first-order valence-corrected chi connectivity index (χ1v) is 11.5. The number of urea groups is 1. The predicted molar refractivity (Wildman–Crippen MR) is 120 cm³/mol. The molecule has 4 rings (SSSR count). The summed E-state index contributed by atoms with van der Waals surface area (Å²) < 4.78 is 11.1. The number of hydrogen-bond acceptors (Lipinski definition) is 5. The lowest BCUT2D eigenvalue weighted by molar-refractivity contribution is -0.119. The molecule has 0 aromatic heterocycles. The van der Waals surface area contributed by atoms with Gasteiger partial charge in [-0.2, -0.15) is 0 Å². The molecule has 0 bridgehead atoms. The second kappa shape index (κ2) is 10.3. The van der Waals surface area contributed by atoms with E-state index in [-0.39, 0.29) is 11.9 Å². The monoisotopic (exact) mass is 430 g/mol. The van der Waals surface area contributed by atoms with E-state index in [1.807, 2.05) is 6.07 Å². The van der Waals surface area contributed by atoms with Crippen molar-refractivity contribution in [3.8, 4) is 5.75 Å². The molecule has 3 aliphatic heterocycles. The molecule has 3 amide bonds. The van der Waals surface area contributed by atoms with Crippen molar-refractivity contribution in [3.05, 3.63) is 18.2 Å². The van der Waals surface area contributed by atoms with Crippen molar-refractivity contribution in [2.45, 2.75) is 44.6 Å². The summed E-state index contributed by atoms with van der Waals surface area (Å²) in [5.41, 5.74) is 1.36. The molecule has 1 aromatic rings. The van der Waals surface area contributed by atoms with Crippen molar-refractivity contribution in [2.24, 2.45) is 5.92 Å². The first-order chi connectivity index (χ1) is 15.2. The van der Waals surface area contributed by atoms with Crippen molar-refractivity contribution >= 4 is 23.3 Å². The van der Waals surface area contributed by atoms with Gasteiger partial charge in [-0.15, -0.1) is 0 Å². The molecule has 0 aliphatic carbocycles. The quantitative estimate of drug-likeness (QED) is 0.695. The van der Waals surface area contributed by atoms with Gasteiger partial charge in [-0.3, -0.25) is 9.69 Å². The summed E-state index contributed by atoms with van der Waals surface area (Å²) in [4.78, 5) is 29.3. The van der Waals surface area contributed by atoms with Gasteiger partial charge in [0.05, 0.1) is 19.4 Å². The van der Waals surface area contributed by atoms with Gasteiger partial charge in [0, 0.05) is 43.8 Å². The number of nitrogens with one attached hydrogen (secondary N) is 2. The zero-order valence-electron chi connectivity index (χ0n) is 18.4. The number of amides is 3. The molecule has 3 fully saturated rings. The highest BCUT2D eigenvalue weighted by atomic mass is 16.5. The minimum absolute atomic E-state index is 0.0957. The summed E-state index contributed by atoms with van der Waals surface area (Å²) in [6.07, 6.45) is 5.93. The van der Waals surface area contributed by atoms with E-state index < -0.39 is 0 Å². The molecule has 2 atom stereocenters. The Morgan fingerprint density at radius 1 is 1.23 bits per heavy atom. The SMILES string of the molecule is COc1ccc(NC(=O)NC[C@H]([C@@H]2CCOC2)N2CCCC2)cc1N1CCCCC1=O. The van der Waals surface area contributed by atoms with E-state index >= 15 is 0 Å². The van der Waals surface area contributed by atoms with Crippen LogP contribution < -0.4 is 20.3 Å². The van der Waals surface area contributed by atoms with E-state index in [2.05, 4.69) is 15.5 Å². The Morgan fingerprint density at radius 3 is 2.74 bits per heavy atom. The van der Waals surface area contributed by atoms with E-state index in [4.69, 9.17) is 9.47 Å². The second-order valence-electron chi connectivity index (χ2n) is 8.66. The third-order valence-corrected chi connectivity index (χ3v) is 6.64. The van der Waals surface area contributed by atoms with Crippen molar-refractivity contribution < 1.29 is 19.1 Å². The Balaban J connectivity index is 1.39. The molecule has 0 unspecified atom stereocenters. The lowest BCUT2D eigenvalue weighted by Crippen LogP contribution is -2.48. The summed E-state index contributed by atoms with van der Waals surface area (Å²) in [7, 11) is 1.60. The molecule has 0 spiro atoms. The highest BCUT2D eigenvalue weighted by Gasteiger charge is 2.32. The minimum atomic E-state index is -0.232. The smallest absolute Gasteiger partial charge is 0.319 e. The fraction of sp³-hybridized carbons (Fsp3) is 0.652. The number of likely N-dealkylation sites (tertiary alicyclic amines) is 1. The van der Waals surface area contributed by atoms with Crippen LogP contribution in [0.25, 0.3) is 0 Å². The number of carbonyl (C=O) groups is 2. The normalized spacial score (nSPS) is 23.1. The highest BCUT2D eigenvalue weighted by molar-refractivity contribution is 5.97. The number of hydrogen-bond donors (Lipinski definition) is 2. The molecule has 0 saturated carbocycles. The molecular weight excluding hydrogens is 396 g/mol. The van der Waals surface area contributed by atoms with Crippen molar-refractivity contribution in [1.29, 1.82) is 0 Å². The van der Waals surface area contributed by atoms with Crippen molar-refractivity contribution in [3.63, 3.8) is 0 Å². The lowest BCUT2D eigenvalue weighted by Gasteiger charge is -2.32. The molecule has 8 heteroatoms. The minimum Gasteiger partial charge on any atom is -0.495 e. The molecule has 2 N–H and O–H groups in total. The number of methoxy groups -OCH3 is 1. The van der Waals surface area contributed by atoms with E-state index in [0.29, 0.717) is 48.6 Å². The standard InChI is InChI=1S/C23H34N4O4/c1-30-21-8-7-18(14-19(21)27-12-3-2-6-22(27)28)25-23(29)24-15-20(17-9-13-31-16-17)26-10-4-5-11-26/h7-8,14,17,20H,2-6,9-13,15-16H2,1H3,(H2,24,25,29)/t17-,20-/m1/s1. The second-order valence-corrected chi connectivity index (χ2v) is 8.66. The lowest BCUT2D eigenvalue weighted by atomic mass is 9.97. The van der Waals surface area contributed by atoms with Crippen LogP contribution in [-0.4, -0.2) is 69.4 Å². The fourth-order valence-corrected chi connectivity index (χ4v) is 4.94. The number of piperidine rings is 1. The van der Waals surface area contributed by atoms with Crippen LogP contribution in [0, 0.1) is 5.92 Å². The maximum Gasteiger partial charge on any atom is 0.319 e. The summed E-state index contributed by atoms with van der Waals surface area (Å²) >= 11 is 0. The summed E-state index contributed by atoms with van der Waals surface area (Å²) in [5.74, 6) is 1.20. The number of nitrogens with zero attached hydrogens (tertiary/aromatic N) is 2. The summed E-state index contributed by atoms with van der Waals surface area (Å²) in [6.45, 7) is 5.05. The topological polar surface area (TPSA) is 83.1 Å². The molecule has 1 aromatic carbocycles. The third-order valence-electron chi connectivity index (χ3n) is 6.64. The molecule has 3 heterocycles. The van der Waals surface area contributed by atoms with Gasteiger partial charge in [0.15, 0.2) is 0 Å². The third kappa shape index (κ3) is 5.30. The highest BCUT2D eigenvalue weighted by Crippen LogP contribution is 2.33. The van der Waals surface area contributed by atoms with Gasteiger partial charge >= 0.3 is 6.03 Å². The molecule has 31 heavy (non-hydrogen) atoms. The Morgan fingerprint density at radius 2 is 2.03 bits per heavy atom. The van der Waals surface area contributed by atoms with Crippen LogP contribution in [0.3, 0.4) is 0 Å². The zero-order valence-corrected chi connectivity index (χ0v) is 18.4. The van der Waals surface area contributed by atoms with Crippen LogP contribution in [0.4, 0.5) is 16.2 Å².